The van der Waals surface area contributed by atoms with Crippen molar-refractivity contribution in [2.75, 3.05) is 5.32 Å². The lowest BCUT2D eigenvalue weighted by atomic mass is 10.0. The van der Waals surface area contributed by atoms with Gasteiger partial charge in [0, 0.05) is 11.8 Å². The number of nitrogens with zero attached hydrogens (tertiary/aromatic N) is 1. The van der Waals surface area contributed by atoms with Gasteiger partial charge in [-0.05, 0) is 31.0 Å². The first-order chi connectivity index (χ1) is 9.70. The molecule has 0 spiro atoms. The van der Waals surface area contributed by atoms with Crippen molar-refractivity contribution < 1.29 is 9.18 Å². The molecule has 1 aromatic carbocycles. The zero-order chi connectivity index (χ0) is 14.0. The zero-order valence-electron chi connectivity index (χ0n) is 10.8. The first-order valence-electron chi connectivity index (χ1n) is 6.45. The van der Waals surface area contributed by atoms with Crippen LogP contribution in [0.15, 0.2) is 48.7 Å². The number of hydrogen-bond donors (Lipinski definition) is 2. The van der Waals surface area contributed by atoms with E-state index in [4.69, 9.17) is 0 Å². The van der Waals surface area contributed by atoms with Gasteiger partial charge in [0.15, 0.2) is 0 Å². The van der Waals surface area contributed by atoms with Crippen LogP contribution in [0.4, 0.5) is 15.0 Å². The molecule has 2 N–H and O–H groups in total. The SMILES string of the molecule is O=C(Nc1ccccn1)NC1(c2ccccc2F)CC1. The van der Waals surface area contributed by atoms with Crippen molar-refractivity contribution in [1.29, 1.82) is 0 Å². The Kier molecular flexibility index (Phi) is 3.10. The van der Waals surface area contributed by atoms with Crippen LogP contribution in [0.5, 0.6) is 0 Å². The van der Waals surface area contributed by atoms with E-state index in [1.54, 1.807) is 42.6 Å². The van der Waals surface area contributed by atoms with Gasteiger partial charge in [0.2, 0.25) is 0 Å². The van der Waals surface area contributed by atoms with Crippen LogP contribution >= 0.6 is 0 Å². The molecule has 2 amide bonds. The van der Waals surface area contributed by atoms with Crippen LogP contribution in [0.2, 0.25) is 0 Å². The lowest BCUT2D eigenvalue weighted by molar-refractivity contribution is 0.247. The summed E-state index contributed by atoms with van der Waals surface area (Å²) in [7, 11) is 0. The van der Waals surface area contributed by atoms with Crippen LogP contribution in [-0.2, 0) is 5.54 Å². The predicted molar refractivity (Wildman–Crippen MR) is 73.7 cm³/mol. The van der Waals surface area contributed by atoms with Crippen LogP contribution in [0.3, 0.4) is 0 Å². The number of hydrogen-bond acceptors (Lipinski definition) is 2. The minimum Gasteiger partial charge on any atom is -0.328 e. The van der Waals surface area contributed by atoms with Gasteiger partial charge >= 0.3 is 6.03 Å². The number of carbonyl (C=O) groups is 1. The quantitative estimate of drug-likeness (QED) is 0.901. The Morgan fingerprint density at radius 1 is 1.15 bits per heavy atom. The highest BCUT2D eigenvalue weighted by Gasteiger charge is 2.47. The number of amides is 2. The fraction of sp³-hybridized carbons (Fsp3) is 0.200. The molecule has 2 aromatic rings. The summed E-state index contributed by atoms with van der Waals surface area (Å²) in [5.74, 6) is 0.178. The third-order valence-electron chi connectivity index (χ3n) is 3.40. The first kappa shape index (κ1) is 12.6. The Morgan fingerprint density at radius 2 is 1.90 bits per heavy atom. The lowest BCUT2D eigenvalue weighted by Crippen LogP contribution is -2.38. The minimum absolute atomic E-state index is 0.289. The molecule has 102 valence electrons. The number of nitrogens with one attached hydrogen (secondary N) is 2. The molecule has 1 aliphatic carbocycles. The number of benzene rings is 1. The Hall–Kier alpha value is -2.43. The number of aromatic nitrogens is 1. The summed E-state index contributed by atoms with van der Waals surface area (Å²) in [6, 6.07) is 11.4. The predicted octanol–water partition coefficient (Wildman–Crippen LogP) is 3.03. The van der Waals surface area contributed by atoms with Crippen molar-refractivity contribution in [3.05, 3.63) is 60.0 Å². The van der Waals surface area contributed by atoms with Crippen LogP contribution in [0.1, 0.15) is 18.4 Å². The summed E-state index contributed by atoms with van der Waals surface area (Å²) in [5.41, 5.74) is -0.0410. The highest BCUT2D eigenvalue weighted by atomic mass is 19.1. The summed E-state index contributed by atoms with van der Waals surface area (Å²) < 4.78 is 13.8. The summed E-state index contributed by atoms with van der Waals surface area (Å²) in [4.78, 5) is 16.0. The van der Waals surface area contributed by atoms with Gasteiger partial charge in [-0.15, -0.1) is 0 Å². The second-order valence-electron chi connectivity index (χ2n) is 4.86. The van der Waals surface area contributed by atoms with Gasteiger partial charge in [-0.1, -0.05) is 24.3 Å². The lowest BCUT2D eigenvalue weighted by Gasteiger charge is -2.18. The highest BCUT2D eigenvalue weighted by molar-refractivity contribution is 5.89. The van der Waals surface area contributed by atoms with Crippen LogP contribution < -0.4 is 10.6 Å². The molecule has 3 rings (SSSR count). The molecule has 0 saturated heterocycles. The van der Waals surface area contributed by atoms with E-state index in [1.165, 1.54) is 6.07 Å². The largest absolute Gasteiger partial charge is 0.328 e. The normalized spacial score (nSPS) is 15.4. The maximum atomic E-state index is 13.8. The maximum Gasteiger partial charge on any atom is 0.321 e. The molecule has 0 radical (unpaired) electrons. The van der Waals surface area contributed by atoms with E-state index in [9.17, 15) is 9.18 Å². The third-order valence-corrected chi connectivity index (χ3v) is 3.40. The fourth-order valence-corrected chi connectivity index (χ4v) is 2.24. The molecular weight excluding hydrogens is 257 g/mol. The van der Waals surface area contributed by atoms with Crippen molar-refractivity contribution in [2.24, 2.45) is 0 Å². The molecule has 1 saturated carbocycles. The van der Waals surface area contributed by atoms with E-state index in [2.05, 4.69) is 15.6 Å². The third kappa shape index (κ3) is 2.47. The second-order valence-corrected chi connectivity index (χ2v) is 4.86. The van der Waals surface area contributed by atoms with Crippen molar-refractivity contribution in [2.45, 2.75) is 18.4 Å². The Labute approximate surface area is 116 Å². The van der Waals surface area contributed by atoms with Crippen molar-refractivity contribution in [3.63, 3.8) is 0 Å². The molecule has 0 atom stereocenters. The van der Waals surface area contributed by atoms with E-state index in [1.807, 2.05) is 0 Å². The number of halogens is 1. The minimum atomic E-state index is -0.579. The standard InChI is InChI=1S/C15H14FN3O/c16-12-6-2-1-5-11(12)15(8-9-15)19-14(20)18-13-7-3-4-10-17-13/h1-7,10H,8-9H2,(H2,17,18,19,20). The summed E-state index contributed by atoms with van der Waals surface area (Å²) in [6.45, 7) is 0. The van der Waals surface area contributed by atoms with Crippen LogP contribution in [-0.4, -0.2) is 11.0 Å². The average molecular weight is 271 g/mol. The van der Waals surface area contributed by atoms with E-state index < -0.39 is 5.54 Å². The number of urea groups is 1. The molecule has 0 aliphatic heterocycles. The van der Waals surface area contributed by atoms with Gasteiger partial charge in [-0.25, -0.2) is 14.2 Å². The van der Waals surface area contributed by atoms with Crippen molar-refractivity contribution in [1.82, 2.24) is 10.3 Å². The molecular formula is C15H14FN3O. The van der Waals surface area contributed by atoms with Gasteiger partial charge in [0.05, 0.1) is 5.54 Å². The van der Waals surface area contributed by atoms with Gasteiger partial charge in [0.1, 0.15) is 11.6 Å². The Morgan fingerprint density at radius 3 is 2.55 bits per heavy atom. The number of anilines is 1. The summed E-state index contributed by atoms with van der Waals surface area (Å²) in [6.07, 6.45) is 3.08. The summed E-state index contributed by atoms with van der Waals surface area (Å²) in [5, 5.41) is 5.49. The molecule has 1 aromatic heterocycles. The number of rotatable bonds is 3. The van der Waals surface area contributed by atoms with Gasteiger partial charge in [-0.3, -0.25) is 5.32 Å². The number of pyridine rings is 1. The van der Waals surface area contributed by atoms with Crippen LogP contribution in [0.25, 0.3) is 0 Å². The Bertz CT molecular complexity index is 626. The first-order valence-corrected chi connectivity index (χ1v) is 6.45. The zero-order valence-corrected chi connectivity index (χ0v) is 10.8. The molecule has 1 aliphatic rings. The van der Waals surface area contributed by atoms with E-state index >= 15 is 0 Å². The second kappa shape index (κ2) is 4.92. The molecule has 5 heteroatoms. The monoisotopic (exact) mass is 271 g/mol. The average Bonchev–Trinajstić information content (AvgIpc) is 3.20. The molecule has 1 heterocycles. The maximum absolute atomic E-state index is 13.8. The molecule has 0 bridgehead atoms. The summed E-state index contributed by atoms with van der Waals surface area (Å²) >= 11 is 0. The molecule has 0 unspecified atom stereocenters. The van der Waals surface area contributed by atoms with Gasteiger partial charge in [0.25, 0.3) is 0 Å². The van der Waals surface area contributed by atoms with Crippen LogP contribution in [0, 0.1) is 5.82 Å². The Balaban J connectivity index is 1.72. The van der Waals surface area contributed by atoms with Crippen molar-refractivity contribution in [3.8, 4) is 0 Å². The van der Waals surface area contributed by atoms with Gasteiger partial charge in [-0.2, -0.15) is 0 Å². The molecule has 4 nitrogen and oxygen atoms in total. The topological polar surface area (TPSA) is 54.0 Å². The van der Waals surface area contributed by atoms with E-state index in [-0.39, 0.29) is 11.8 Å². The van der Waals surface area contributed by atoms with Gasteiger partial charge < -0.3 is 5.32 Å². The fourth-order valence-electron chi connectivity index (χ4n) is 2.24. The van der Waals surface area contributed by atoms with E-state index in [0.29, 0.717) is 11.4 Å². The molecule has 1 fully saturated rings. The smallest absolute Gasteiger partial charge is 0.321 e. The molecule has 20 heavy (non-hydrogen) atoms. The van der Waals surface area contributed by atoms with E-state index in [0.717, 1.165) is 12.8 Å². The van der Waals surface area contributed by atoms with Crippen molar-refractivity contribution >= 4 is 11.8 Å². The number of carbonyl (C=O) groups excluding carboxylic acids is 1. The highest BCUT2D eigenvalue weighted by Crippen LogP contribution is 2.46.